The standard InChI is InChI=1S/C26H37N9O4/c1-39-24(38)19-15-31-22(32-19)21(36)18(8-5-11-30-25(27)28)33-23(37)20-9-12-34-13-10-26(29,16-35(20)34)14-17-6-3-2-4-7-17/h2-4,6-7,15,18,20H,5,8-14,16,29H2,1H3,(H,31,32)(H,33,37)(H4,27,28,30)/t18-,20-,26+/m0/s1. The van der Waals surface area contributed by atoms with E-state index in [2.05, 4.69) is 42.2 Å². The van der Waals surface area contributed by atoms with Gasteiger partial charge in [-0.2, -0.15) is 0 Å². The third-order valence-corrected chi connectivity index (χ3v) is 7.22. The van der Waals surface area contributed by atoms with Gasteiger partial charge in [0.1, 0.15) is 11.7 Å². The maximum Gasteiger partial charge on any atom is 0.356 e. The number of imidazole rings is 1. The maximum atomic E-state index is 13.6. The molecule has 0 bridgehead atoms. The lowest BCUT2D eigenvalue weighted by molar-refractivity contribution is -0.134. The van der Waals surface area contributed by atoms with Crippen molar-refractivity contribution in [2.24, 2.45) is 22.2 Å². The molecule has 13 nitrogen and oxygen atoms in total. The first kappa shape index (κ1) is 28.2. The normalized spacial score (nSPS) is 22.1. The molecule has 0 spiro atoms. The van der Waals surface area contributed by atoms with E-state index in [1.807, 2.05) is 23.2 Å². The predicted molar refractivity (Wildman–Crippen MR) is 144 cm³/mol. The van der Waals surface area contributed by atoms with Gasteiger partial charge in [0.2, 0.25) is 11.7 Å². The van der Waals surface area contributed by atoms with Crippen LogP contribution in [0, 0.1) is 0 Å². The Labute approximate surface area is 227 Å². The molecule has 8 N–H and O–H groups in total. The van der Waals surface area contributed by atoms with Gasteiger partial charge in [-0.3, -0.25) is 14.6 Å². The number of guanidine groups is 1. The number of hydrogen-bond acceptors (Lipinski definition) is 9. The van der Waals surface area contributed by atoms with Crippen LogP contribution < -0.4 is 22.5 Å². The van der Waals surface area contributed by atoms with Crippen LogP contribution in [0.3, 0.4) is 0 Å². The molecule has 0 unspecified atom stereocenters. The number of aromatic amines is 1. The zero-order valence-electron chi connectivity index (χ0n) is 22.1. The lowest BCUT2D eigenvalue weighted by atomic mass is 9.86. The highest BCUT2D eigenvalue weighted by molar-refractivity contribution is 6.00. The molecule has 2 saturated heterocycles. The molecule has 210 valence electrons. The van der Waals surface area contributed by atoms with Crippen molar-refractivity contribution in [1.29, 1.82) is 0 Å². The minimum absolute atomic E-state index is 0.0441. The summed E-state index contributed by atoms with van der Waals surface area (Å²) in [5.41, 5.74) is 18.4. The Bertz CT molecular complexity index is 1200. The highest BCUT2D eigenvalue weighted by Crippen LogP contribution is 2.30. The zero-order chi connectivity index (χ0) is 28.0. The maximum absolute atomic E-state index is 13.6. The molecule has 3 heterocycles. The van der Waals surface area contributed by atoms with Crippen molar-refractivity contribution in [3.63, 3.8) is 0 Å². The molecule has 1 aromatic carbocycles. The third-order valence-electron chi connectivity index (χ3n) is 7.22. The van der Waals surface area contributed by atoms with Crippen LogP contribution >= 0.6 is 0 Å². The van der Waals surface area contributed by atoms with E-state index in [1.165, 1.54) is 13.3 Å². The number of rotatable bonds is 11. The number of H-pyrrole nitrogens is 1. The topological polar surface area (TPSA) is 198 Å². The van der Waals surface area contributed by atoms with Gasteiger partial charge < -0.3 is 32.2 Å². The fourth-order valence-corrected chi connectivity index (χ4v) is 5.23. The molecule has 4 rings (SSSR count). The summed E-state index contributed by atoms with van der Waals surface area (Å²) in [5.74, 6) is -1.45. The Hall–Kier alpha value is -3.81. The van der Waals surface area contributed by atoms with Crippen LogP contribution in [0.2, 0.25) is 0 Å². The molecule has 1 aromatic heterocycles. The molecule has 2 aliphatic heterocycles. The highest BCUT2D eigenvalue weighted by Gasteiger charge is 2.45. The summed E-state index contributed by atoms with van der Waals surface area (Å²) in [4.78, 5) is 49.4. The Morgan fingerprint density at radius 2 is 2.03 bits per heavy atom. The number of carbonyl (C=O) groups excluding carboxylic acids is 3. The van der Waals surface area contributed by atoms with Crippen molar-refractivity contribution in [3.8, 4) is 0 Å². The summed E-state index contributed by atoms with van der Waals surface area (Å²) >= 11 is 0. The Kier molecular flexibility index (Phi) is 8.94. The number of hydrazine groups is 1. The van der Waals surface area contributed by atoms with Gasteiger partial charge in [0.05, 0.1) is 19.3 Å². The summed E-state index contributed by atoms with van der Waals surface area (Å²) in [6, 6.07) is 8.74. The Morgan fingerprint density at radius 3 is 2.74 bits per heavy atom. The van der Waals surface area contributed by atoms with E-state index in [1.54, 1.807) is 0 Å². The first-order valence-corrected chi connectivity index (χ1v) is 13.1. The number of hydrogen-bond donors (Lipinski definition) is 5. The van der Waals surface area contributed by atoms with E-state index >= 15 is 0 Å². The van der Waals surface area contributed by atoms with Crippen molar-refractivity contribution < 1.29 is 19.1 Å². The van der Waals surface area contributed by atoms with Gasteiger partial charge >= 0.3 is 5.97 Å². The lowest BCUT2D eigenvalue weighted by Gasteiger charge is -2.45. The van der Waals surface area contributed by atoms with Crippen molar-refractivity contribution >= 4 is 23.6 Å². The minimum Gasteiger partial charge on any atom is -0.464 e. The lowest BCUT2D eigenvalue weighted by Crippen LogP contribution is -2.64. The van der Waals surface area contributed by atoms with Crippen molar-refractivity contribution in [3.05, 3.63) is 53.6 Å². The van der Waals surface area contributed by atoms with E-state index in [0.717, 1.165) is 25.1 Å². The minimum atomic E-state index is -0.894. The molecule has 2 fully saturated rings. The molecule has 13 heteroatoms. The number of ketones is 1. The van der Waals surface area contributed by atoms with E-state index in [4.69, 9.17) is 17.2 Å². The molecule has 1 amide bonds. The smallest absolute Gasteiger partial charge is 0.356 e. The number of ether oxygens (including phenoxy) is 1. The van der Waals surface area contributed by atoms with Crippen molar-refractivity contribution in [2.45, 2.75) is 49.7 Å². The largest absolute Gasteiger partial charge is 0.464 e. The van der Waals surface area contributed by atoms with Crippen molar-refractivity contribution in [1.82, 2.24) is 25.3 Å². The first-order chi connectivity index (χ1) is 18.7. The number of fused-ring (bicyclic) bond motifs is 1. The summed E-state index contributed by atoms with van der Waals surface area (Å²) < 4.78 is 4.68. The SMILES string of the molecule is COC(=O)c1cnc(C(=O)[C@H](CCCN=C(N)N)NC(=O)[C@@H]2CCN3CC[C@@](N)(Cc4ccccc4)CN23)[nH]1. The number of nitrogens with zero attached hydrogens (tertiary/aromatic N) is 4. The van der Waals surface area contributed by atoms with Gasteiger partial charge in [-0.05, 0) is 37.7 Å². The quantitative estimate of drug-likeness (QED) is 0.0819. The molecule has 39 heavy (non-hydrogen) atoms. The van der Waals surface area contributed by atoms with Gasteiger partial charge in [0.15, 0.2) is 11.8 Å². The number of aliphatic imine (C=N–C) groups is 1. The first-order valence-electron chi connectivity index (χ1n) is 13.1. The molecule has 0 saturated carbocycles. The van der Waals surface area contributed by atoms with Gasteiger partial charge in [0.25, 0.3) is 0 Å². The van der Waals surface area contributed by atoms with Gasteiger partial charge in [0, 0.05) is 31.7 Å². The summed E-state index contributed by atoms with van der Waals surface area (Å²) in [6.45, 7) is 2.33. The summed E-state index contributed by atoms with van der Waals surface area (Å²) in [5, 5.41) is 7.14. The fraction of sp³-hybridized carbons (Fsp3) is 0.500. The summed E-state index contributed by atoms with van der Waals surface area (Å²) in [6.07, 6.45) is 4.10. The second kappa shape index (κ2) is 12.4. The van der Waals surface area contributed by atoms with E-state index in [0.29, 0.717) is 32.4 Å². The van der Waals surface area contributed by atoms with E-state index in [9.17, 15) is 14.4 Å². The monoisotopic (exact) mass is 539 g/mol. The van der Waals surface area contributed by atoms with Gasteiger partial charge in [-0.25, -0.2) is 19.8 Å². The summed E-state index contributed by atoms with van der Waals surface area (Å²) in [7, 11) is 1.23. The van der Waals surface area contributed by atoms with Crippen LogP contribution in [-0.4, -0.2) is 94.5 Å². The van der Waals surface area contributed by atoms with Crippen molar-refractivity contribution in [2.75, 3.05) is 33.3 Å². The second-order valence-electron chi connectivity index (χ2n) is 10.1. The predicted octanol–water partition coefficient (Wildman–Crippen LogP) is -0.447. The van der Waals surface area contributed by atoms with E-state index in [-0.39, 0.29) is 29.8 Å². The number of carbonyl (C=O) groups is 3. The number of aromatic nitrogens is 2. The molecule has 2 aromatic rings. The van der Waals surface area contributed by atoms with Gasteiger partial charge in [-0.15, -0.1) is 0 Å². The van der Waals surface area contributed by atoms with Crippen LogP contribution in [0.1, 0.15) is 52.4 Å². The number of esters is 1. The zero-order valence-corrected chi connectivity index (χ0v) is 22.1. The Balaban J connectivity index is 1.46. The number of methoxy groups -OCH3 is 1. The molecule has 0 aliphatic carbocycles. The fourth-order valence-electron chi connectivity index (χ4n) is 5.23. The number of nitrogens with one attached hydrogen (secondary N) is 2. The number of Topliss-reactive ketones (excluding diaryl/α,β-unsaturated/α-hetero) is 1. The average Bonchev–Trinajstić information content (AvgIpc) is 3.57. The van der Waals surface area contributed by atoms with Crippen LogP contribution in [0.25, 0.3) is 0 Å². The van der Waals surface area contributed by atoms with Crippen LogP contribution in [0.5, 0.6) is 0 Å². The van der Waals surface area contributed by atoms with E-state index < -0.39 is 29.4 Å². The average molecular weight is 540 g/mol. The molecule has 0 radical (unpaired) electrons. The van der Waals surface area contributed by atoms with Crippen LogP contribution in [0.15, 0.2) is 41.5 Å². The Morgan fingerprint density at radius 1 is 1.26 bits per heavy atom. The molecular formula is C26H37N9O4. The number of nitrogens with two attached hydrogens (primary N) is 3. The second-order valence-corrected chi connectivity index (χ2v) is 10.1. The highest BCUT2D eigenvalue weighted by atomic mass is 16.5. The van der Waals surface area contributed by atoms with Crippen LogP contribution in [-0.2, 0) is 16.0 Å². The number of benzene rings is 1. The van der Waals surface area contributed by atoms with Crippen LogP contribution in [0.4, 0.5) is 0 Å². The molecular weight excluding hydrogens is 502 g/mol. The molecule has 3 atom stereocenters. The molecule has 2 aliphatic rings. The number of amides is 1. The third kappa shape index (κ3) is 6.99. The van der Waals surface area contributed by atoms with Gasteiger partial charge in [-0.1, -0.05) is 30.3 Å².